The first-order valence-corrected chi connectivity index (χ1v) is 7.23. The van der Waals surface area contributed by atoms with Gasteiger partial charge < -0.3 is 5.73 Å². The van der Waals surface area contributed by atoms with Gasteiger partial charge in [0.2, 0.25) is 0 Å². The standard InChI is InChI=1S/C10H11BrN4O2S/c1-15-10(4-5-13-15)14-18(16,17)9-6-7(12)2-3-8(9)11/h2-6,14H,12H2,1H3. The van der Waals surface area contributed by atoms with Crippen LogP contribution in [-0.2, 0) is 17.1 Å². The molecule has 2 aromatic rings. The van der Waals surface area contributed by atoms with E-state index in [-0.39, 0.29) is 4.90 Å². The molecule has 0 aliphatic heterocycles. The number of hydrogen-bond donors (Lipinski definition) is 2. The Morgan fingerprint density at radius 1 is 1.39 bits per heavy atom. The summed E-state index contributed by atoms with van der Waals surface area (Å²) in [6.07, 6.45) is 1.51. The van der Waals surface area contributed by atoms with Gasteiger partial charge in [0.05, 0.1) is 6.20 Å². The highest BCUT2D eigenvalue weighted by molar-refractivity contribution is 9.10. The Morgan fingerprint density at radius 3 is 2.72 bits per heavy atom. The van der Waals surface area contributed by atoms with Crippen molar-refractivity contribution in [3.05, 3.63) is 34.9 Å². The fourth-order valence-electron chi connectivity index (χ4n) is 1.39. The number of sulfonamides is 1. The third-order valence-corrected chi connectivity index (χ3v) is 4.65. The van der Waals surface area contributed by atoms with Gasteiger partial charge in [0, 0.05) is 23.3 Å². The lowest BCUT2D eigenvalue weighted by Crippen LogP contribution is -2.16. The summed E-state index contributed by atoms with van der Waals surface area (Å²) in [6.45, 7) is 0. The van der Waals surface area contributed by atoms with Crippen LogP contribution in [0, 0.1) is 0 Å². The van der Waals surface area contributed by atoms with E-state index in [1.807, 2.05) is 0 Å². The van der Waals surface area contributed by atoms with Crippen molar-refractivity contribution in [2.24, 2.45) is 7.05 Å². The number of nitrogens with zero attached hydrogens (tertiary/aromatic N) is 2. The van der Waals surface area contributed by atoms with Gasteiger partial charge in [-0.2, -0.15) is 5.10 Å². The average Bonchev–Trinajstić information content (AvgIpc) is 2.67. The minimum Gasteiger partial charge on any atom is -0.399 e. The van der Waals surface area contributed by atoms with Crippen LogP contribution < -0.4 is 10.5 Å². The van der Waals surface area contributed by atoms with Crippen LogP contribution in [0.5, 0.6) is 0 Å². The second kappa shape index (κ2) is 4.62. The molecule has 8 heteroatoms. The summed E-state index contributed by atoms with van der Waals surface area (Å²) in [5, 5.41) is 3.89. The number of rotatable bonds is 3. The summed E-state index contributed by atoms with van der Waals surface area (Å²) < 4.78 is 28.7. The Labute approximate surface area is 113 Å². The molecule has 0 unspecified atom stereocenters. The van der Waals surface area contributed by atoms with Crippen LogP contribution >= 0.6 is 15.9 Å². The van der Waals surface area contributed by atoms with Gasteiger partial charge in [-0.15, -0.1) is 0 Å². The Balaban J connectivity index is 2.43. The summed E-state index contributed by atoms with van der Waals surface area (Å²) in [5.41, 5.74) is 5.98. The first-order valence-electron chi connectivity index (χ1n) is 4.96. The zero-order chi connectivity index (χ0) is 13.3. The molecule has 0 atom stereocenters. The van der Waals surface area contributed by atoms with Gasteiger partial charge in [0.25, 0.3) is 10.0 Å². The fourth-order valence-corrected chi connectivity index (χ4v) is 3.48. The Bertz CT molecular complexity index is 681. The first kappa shape index (κ1) is 12.9. The average molecular weight is 331 g/mol. The Kier molecular flexibility index (Phi) is 3.31. The number of aryl methyl sites for hydroxylation is 1. The van der Waals surface area contributed by atoms with E-state index in [4.69, 9.17) is 5.73 Å². The quantitative estimate of drug-likeness (QED) is 0.836. The molecular weight excluding hydrogens is 320 g/mol. The number of hydrogen-bond acceptors (Lipinski definition) is 4. The largest absolute Gasteiger partial charge is 0.399 e. The molecule has 0 spiro atoms. The van der Waals surface area contributed by atoms with Gasteiger partial charge in [-0.05, 0) is 34.1 Å². The van der Waals surface area contributed by atoms with Gasteiger partial charge in [0.1, 0.15) is 10.7 Å². The molecule has 96 valence electrons. The molecule has 1 aromatic carbocycles. The van der Waals surface area contributed by atoms with Crippen molar-refractivity contribution in [3.8, 4) is 0 Å². The molecule has 0 saturated heterocycles. The molecule has 0 aliphatic carbocycles. The third kappa shape index (κ3) is 2.49. The van der Waals surface area contributed by atoms with E-state index in [1.165, 1.54) is 16.9 Å². The number of halogens is 1. The van der Waals surface area contributed by atoms with E-state index in [9.17, 15) is 8.42 Å². The van der Waals surface area contributed by atoms with Crippen molar-refractivity contribution in [2.75, 3.05) is 10.5 Å². The van der Waals surface area contributed by atoms with Crippen LogP contribution in [0.3, 0.4) is 0 Å². The van der Waals surface area contributed by atoms with Crippen molar-refractivity contribution < 1.29 is 8.42 Å². The lowest BCUT2D eigenvalue weighted by Gasteiger charge is -2.10. The maximum atomic E-state index is 12.2. The molecule has 1 aromatic heterocycles. The summed E-state index contributed by atoms with van der Waals surface area (Å²) in [7, 11) is -2.05. The number of anilines is 2. The Morgan fingerprint density at radius 2 is 2.11 bits per heavy atom. The van der Waals surface area contributed by atoms with Gasteiger partial charge in [0.15, 0.2) is 0 Å². The maximum Gasteiger partial charge on any atom is 0.264 e. The van der Waals surface area contributed by atoms with Crippen molar-refractivity contribution in [1.82, 2.24) is 9.78 Å². The summed E-state index contributed by atoms with van der Waals surface area (Å²) in [4.78, 5) is 0.0868. The minimum absolute atomic E-state index is 0.0868. The molecule has 6 nitrogen and oxygen atoms in total. The van der Waals surface area contributed by atoms with E-state index in [0.717, 1.165) is 0 Å². The smallest absolute Gasteiger partial charge is 0.264 e. The second-order valence-electron chi connectivity index (χ2n) is 3.64. The maximum absolute atomic E-state index is 12.2. The van der Waals surface area contributed by atoms with E-state index in [2.05, 4.69) is 25.8 Å². The van der Waals surface area contributed by atoms with E-state index >= 15 is 0 Å². The number of nitrogens with two attached hydrogens (primary N) is 1. The molecular formula is C10H11BrN4O2S. The predicted molar refractivity (Wildman–Crippen MR) is 72.6 cm³/mol. The third-order valence-electron chi connectivity index (χ3n) is 2.30. The van der Waals surface area contributed by atoms with Gasteiger partial charge in [-0.1, -0.05) is 0 Å². The number of nitrogens with one attached hydrogen (secondary N) is 1. The monoisotopic (exact) mass is 330 g/mol. The SMILES string of the molecule is Cn1nccc1NS(=O)(=O)c1cc(N)ccc1Br. The predicted octanol–water partition coefficient (Wildman–Crippen LogP) is 1.57. The fraction of sp³-hybridized carbons (Fsp3) is 0.100. The zero-order valence-electron chi connectivity index (χ0n) is 9.46. The first-order chi connectivity index (χ1) is 8.40. The van der Waals surface area contributed by atoms with E-state index in [0.29, 0.717) is 16.0 Å². The Hall–Kier alpha value is -1.54. The highest BCUT2D eigenvalue weighted by Crippen LogP contribution is 2.25. The highest BCUT2D eigenvalue weighted by atomic mass is 79.9. The van der Waals surface area contributed by atoms with Crippen molar-refractivity contribution >= 4 is 37.5 Å². The van der Waals surface area contributed by atoms with E-state index < -0.39 is 10.0 Å². The number of nitrogen functional groups attached to an aromatic ring is 1. The lowest BCUT2D eigenvalue weighted by molar-refractivity contribution is 0.600. The molecule has 18 heavy (non-hydrogen) atoms. The highest BCUT2D eigenvalue weighted by Gasteiger charge is 2.19. The number of benzene rings is 1. The van der Waals surface area contributed by atoms with Crippen LogP contribution in [0.4, 0.5) is 11.5 Å². The lowest BCUT2D eigenvalue weighted by atomic mass is 10.3. The van der Waals surface area contributed by atoms with Crippen LogP contribution in [0.2, 0.25) is 0 Å². The minimum atomic E-state index is -3.70. The van der Waals surface area contributed by atoms with Gasteiger partial charge in [-0.3, -0.25) is 9.40 Å². The second-order valence-corrected chi connectivity index (χ2v) is 6.14. The van der Waals surface area contributed by atoms with Crippen molar-refractivity contribution in [1.29, 1.82) is 0 Å². The normalized spacial score (nSPS) is 11.4. The molecule has 3 N–H and O–H groups in total. The molecule has 1 heterocycles. The zero-order valence-corrected chi connectivity index (χ0v) is 11.9. The van der Waals surface area contributed by atoms with Crippen molar-refractivity contribution in [3.63, 3.8) is 0 Å². The van der Waals surface area contributed by atoms with Gasteiger partial charge >= 0.3 is 0 Å². The molecule has 0 amide bonds. The van der Waals surface area contributed by atoms with Crippen LogP contribution in [0.1, 0.15) is 0 Å². The molecule has 0 bridgehead atoms. The molecule has 0 aliphatic rings. The van der Waals surface area contributed by atoms with Gasteiger partial charge in [-0.25, -0.2) is 8.42 Å². The van der Waals surface area contributed by atoms with Crippen LogP contribution in [0.25, 0.3) is 0 Å². The molecule has 0 saturated carbocycles. The topological polar surface area (TPSA) is 90.0 Å². The van der Waals surface area contributed by atoms with Crippen LogP contribution in [0.15, 0.2) is 39.8 Å². The summed E-state index contributed by atoms with van der Waals surface area (Å²) in [5.74, 6) is 0.379. The summed E-state index contributed by atoms with van der Waals surface area (Å²) in [6, 6.07) is 6.17. The molecule has 0 fully saturated rings. The molecule has 0 radical (unpaired) electrons. The molecule has 2 rings (SSSR count). The summed E-state index contributed by atoms with van der Waals surface area (Å²) >= 11 is 3.19. The van der Waals surface area contributed by atoms with Crippen LogP contribution in [-0.4, -0.2) is 18.2 Å². The van der Waals surface area contributed by atoms with E-state index in [1.54, 1.807) is 25.2 Å². The number of aromatic nitrogens is 2. The van der Waals surface area contributed by atoms with Crippen molar-refractivity contribution in [2.45, 2.75) is 4.90 Å².